The van der Waals surface area contributed by atoms with E-state index < -0.39 is 0 Å². The fraction of sp³-hybridized carbons (Fsp3) is 0.333. The second-order valence-electron chi connectivity index (χ2n) is 5.31. The molecule has 1 nitrogen and oxygen atoms in total. The summed E-state index contributed by atoms with van der Waals surface area (Å²) in [7, 11) is 0. The van der Waals surface area contributed by atoms with Gasteiger partial charge in [-0.2, -0.15) is 0 Å². The summed E-state index contributed by atoms with van der Waals surface area (Å²) in [5.41, 5.74) is 9.00. The van der Waals surface area contributed by atoms with Crippen molar-refractivity contribution in [1.82, 2.24) is 0 Å². The molecule has 106 valence electrons. The Balaban J connectivity index is 1.71. The molecule has 0 radical (unpaired) electrons. The van der Waals surface area contributed by atoms with Gasteiger partial charge in [0, 0.05) is 9.97 Å². The maximum absolute atomic E-state index is 6.24. The smallest absolute Gasteiger partial charge is 0.0151 e. The molecule has 0 aliphatic carbocycles. The fourth-order valence-electron chi connectivity index (χ4n) is 2.39. The van der Waals surface area contributed by atoms with Gasteiger partial charge in [0.1, 0.15) is 0 Å². The van der Waals surface area contributed by atoms with Crippen LogP contribution < -0.4 is 5.73 Å². The van der Waals surface area contributed by atoms with E-state index in [-0.39, 0.29) is 6.04 Å². The van der Waals surface area contributed by atoms with Gasteiger partial charge in [-0.05, 0) is 36.8 Å². The van der Waals surface area contributed by atoms with E-state index in [1.165, 1.54) is 17.5 Å². The average molecular weight is 379 g/mol. The van der Waals surface area contributed by atoms with Gasteiger partial charge < -0.3 is 5.73 Å². The van der Waals surface area contributed by atoms with E-state index in [1.54, 1.807) is 0 Å². The summed E-state index contributed by atoms with van der Waals surface area (Å²) in [5, 5.41) is 0. The quantitative estimate of drug-likeness (QED) is 0.561. The van der Waals surface area contributed by atoms with E-state index in [0.717, 1.165) is 19.3 Å². The first-order valence-corrected chi connectivity index (χ1v) is 8.46. The fourth-order valence-corrected chi connectivity index (χ4v) is 3.25. The normalized spacial score (nSPS) is 13.9. The van der Waals surface area contributed by atoms with Gasteiger partial charge in [-0.25, -0.2) is 0 Å². The summed E-state index contributed by atoms with van der Waals surface area (Å²) in [6.07, 6.45) is 4.40. The van der Waals surface area contributed by atoms with Crippen LogP contribution in [0.3, 0.4) is 0 Å². The van der Waals surface area contributed by atoms with Crippen LogP contribution in [0.4, 0.5) is 0 Å². The van der Waals surface area contributed by atoms with Crippen molar-refractivity contribution in [2.75, 3.05) is 0 Å². The number of alkyl halides is 1. The largest absolute Gasteiger partial charge is 0.327 e. The van der Waals surface area contributed by atoms with Crippen LogP contribution in [-0.2, 0) is 12.8 Å². The van der Waals surface area contributed by atoms with Gasteiger partial charge in [-0.3, -0.25) is 0 Å². The molecule has 0 aliphatic heterocycles. The molecule has 0 saturated carbocycles. The average Bonchev–Trinajstić information content (AvgIpc) is 2.47. The summed E-state index contributed by atoms with van der Waals surface area (Å²) in [5.74, 6) is 0. The maximum atomic E-state index is 6.24. The van der Waals surface area contributed by atoms with Crippen molar-refractivity contribution in [3.05, 3.63) is 71.8 Å². The summed E-state index contributed by atoms with van der Waals surface area (Å²) in [6.45, 7) is 0. The van der Waals surface area contributed by atoms with E-state index in [2.05, 4.69) is 83.3 Å². The molecule has 0 saturated heterocycles. The molecule has 0 spiro atoms. The Kier molecular flexibility index (Phi) is 6.54. The molecule has 2 aromatic rings. The Bertz CT molecular complexity index is 436. The molecular formula is C18H22IN. The molecule has 2 rings (SSSR count). The molecule has 2 N–H and O–H groups in total. The Morgan fingerprint density at radius 2 is 1.25 bits per heavy atom. The van der Waals surface area contributed by atoms with Crippen molar-refractivity contribution in [2.24, 2.45) is 5.73 Å². The van der Waals surface area contributed by atoms with Crippen molar-refractivity contribution in [1.29, 1.82) is 0 Å². The summed E-state index contributed by atoms with van der Waals surface area (Å²) in [6, 6.07) is 21.5. The lowest BCUT2D eigenvalue weighted by molar-refractivity contribution is 0.574. The number of halogens is 1. The Labute approximate surface area is 135 Å². The predicted molar refractivity (Wildman–Crippen MR) is 95.3 cm³/mol. The van der Waals surface area contributed by atoms with Crippen LogP contribution in [-0.4, -0.2) is 9.97 Å². The third kappa shape index (κ3) is 5.63. The highest BCUT2D eigenvalue weighted by Crippen LogP contribution is 2.17. The van der Waals surface area contributed by atoms with E-state index >= 15 is 0 Å². The monoisotopic (exact) mass is 379 g/mol. The van der Waals surface area contributed by atoms with Crippen LogP contribution in [0.2, 0.25) is 0 Å². The molecule has 2 aromatic carbocycles. The number of rotatable bonds is 7. The number of hydrogen-bond donors (Lipinski definition) is 1. The molecule has 0 amide bonds. The zero-order valence-corrected chi connectivity index (χ0v) is 13.9. The molecule has 1 unspecified atom stereocenters. The predicted octanol–water partition coefficient (Wildman–Crippen LogP) is 4.38. The van der Waals surface area contributed by atoms with Crippen LogP contribution in [0.5, 0.6) is 0 Å². The highest BCUT2D eigenvalue weighted by Gasteiger charge is 2.09. The summed E-state index contributed by atoms with van der Waals surface area (Å²) < 4.78 is 0.664. The van der Waals surface area contributed by atoms with Crippen molar-refractivity contribution in [2.45, 2.75) is 35.6 Å². The van der Waals surface area contributed by atoms with Crippen LogP contribution in [0.25, 0.3) is 0 Å². The third-order valence-electron chi connectivity index (χ3n) is 3.49. The van der Waals surface area contributed by atoms with E-state index in [9.17, 15) is 0 Å². The van der Waals surface area contributed by atoms with Gasteiger partial charge in [-0.1, -0.05) is 83.3 Å². The third-order valence-corrected chi connectivity index (χ3v) is 4.55. The van der Waals surface area contributed by atoms with Crippen LogP contribution in [0, 0.1) is 0 Å². The van der Waals surface area contributed by atoms with Crippen molar-refractivity contribution >= 4 is 22.6 Å². The van der Waals surface area contributed by atoms with Gasteiger partial charge in [0.2, 0.25) is 0 Å². The molecule has 2 heteroatoms. The molecule has 0 aromatic heterocycles. The van der Waals surface area contributed by atoms with Crippen LogP contribution in [0.15, 0.2) is 60.7 Å². The van der Waals surface area contributed by atoms with Crippen LogP contribution >= 0.6 is 22.6 Å². The van der Waals surface area contributed by atoms with Gasteiger partial charge in [-0.15, -0.1) is 0 Å². The molecule has 2 atom stereocenters. The number of benzene rings is 2. The van der Waals surface area contributed by atoms with Gasteiger partial charge in [0.05, 0.1) is 0 Å². The minimum Gasteiger partial charge on any atom is -0.327 e. The Hall–Kier alpha value is -0.870. The van der Waals surface area contributed by atoms with E-state index in [4.69, 9.17) is 5.73 Å². The minimum atomic E-state index is 0.269. The first-order valence-electron chi connectivity index (χ1n) is 7.21. The number of nitrogens with two attached hydrogens (primary N) is 1. The molecule has 0 fully saturated rings. The zero-order valence-electron chi connectivity index (χ0n) is 11.7. The molecule has 0 bridgehead atoms. The topological polar surface area (TPSA) is 26.0 Å². The molecule has 0 aliphatic rings. The first-order chi connectivity index (χ1) is 9.74. The van der Waals surface area contributed by atoms with Crippen LogP contribution in [0.1, 0.15) is 24.0 Å². The Morgan fingerprint density at radius 3 is 1.80 bits per heavy atom. The molecule has 0 heterocycles. The zero-order chi connectivity index (χ0) is 14.2. The van der Waals surface area contributed by atoms with Gasteiger partial charge in [0.15, 0.2) is 0 Å². The SMILES string of the molecule is N[C@@H](CCC(I)Cc1ccccc1)Cc1ccccc1. The highest BCUT2D eigenvalue weighted by molar-refractivity contribution is 14.1. The van der Waals surface area contributed by atoms with Crippen molar-refractivity contribution in [3.63, 3.8) is 0 Å². The van der Waals surface area contributed by atoms with Crippen molar-refractivity contribution in [3.8, 4) is 0 Å². The standard InChI is InChI=1S/C18H22IN/c19-17(13-15-7-3-1-4-8-15)11-12-18(20)14-16-9-5-2-6-10-16/h1-10,17-18H,11-14,20H2/t17?,18-/m0/s1. The minimum absolute atomic E-state index is 0.269. The lowest BCUT2D eigenvalue weighted by Crippen LogP contribution is -2.24. The molecule has 20 heavy (non-hydrogen) atoms. The molecular weight excluding hydrogens is 357 g/mol. The summed E-state index contributed by atoms with van der Waals surface area (Å²) >= 11 is 2.55. The van der Waals surface area contributed by atoms with Gasteiger partial charge >= 0.3 is 0 Å². The highest BCUT2D eigenvalue weighted by atomic mass is 127. The lowest BCUT2D eigenvalue weighted by atomic mass is 10.00. The lowest BCUT2D eigenvalue weighted by Gasteiger charge is -2.15. The van der Waals surface area contributed by atoms with Crippen molar-refractivity contribution < 1.29 is 0 Å². The maximum Gasteiger partial charge on any atom is 0.0151 e. The summed E-state index contributed by atoms with van der Waals surface area (Å²) in [4.78, 5) is 0. The second-order valence-corrected chi connectivity index (χ2v) is 7.08. The van der Waals surface area contributed by atoms with E-state index in [0.29, 0.717) is 3.92 Å². The Morgan fingerprint density at radius 1 is 0.750 bits per heavy atom. The van der Waals surface area contributed by atoms with E-state index in [1.807, 2.05) is 0 Å². The first kappa shape index (κ1) is 15.5. The number of hydrogen-bond acceptors (Lipinski definition) is 1. The second kappa shape index (κ2) is 8.42. The van der Waals surface area contributed by atoms with Gasteiger partial charge in [0.25, 0.3) is 0 Å².